The van der Waals surface area contributed by atoms with E-state index in [1.807, 2.05) is 30.3 Å². The molecule has 0 aliphatic carbocycles. The fraction of sp³-hybridized carbons (Fsp3) is 0.438. The first-order valence-electron chi connectivity index (χ1n) is 6.64. The minimum Gasteiger partial charge on any atom is -0.465 e. The van der Waals surface area contributed by atoms with Gasteiger partial charge in [-0.05, 0) is 32.8 Å². The summed E-state index contributed by atoms with van der Waals surface area (Å²) in [4.78, 5) is 11.6. The molecule has 1 aromatic rings. The van der Waals surface area contributed by atoms with Crippen molar-refractivity contribution in [2.24, 2.45) is 5.41 Å². The van der Waals surface area contributed by atoms with E-state index >= 15 is 0 Å². The summed E-state index contributed by atoms with van der Waals surface area (Å²) in [5.41, 5.74) is -0.517. The molecule has 1 rings (SSSR count). The van der Waals surface area contributed by atoms with Crippen LogP contribution in [0.25, 0.3) is 0 Å². The lowest BCUT2D eigenvalue weighted by atomic mass is 9.97. The zero-order valence-electron chi connectivity index (χ0n) is 12.7. The van der Waals surface area contributed by atoms with E-state index in [-0.39, 0.29) is 12.6 Å². The number of ether oxygens (including phenoxy) is 1. The van der Waals surface area contributed by atoms with Gasteiger partial charge in [0.25, 0.3) is 0 Å². The number of esters is 1. The Morgan fingerprint density at radius 3 is 2.30 bits per heavy atom. The van der Waals surface area contributed by atoms with Crippen LogP contribution in [0.1, 0.15) is 27.2 Å². The lowest BCUT2D eigenvalue weighted by molar-refractivity contribution is -0.152. The molecule has 0 aromatic heterocycles. The van der Waals surface area contributed by atoms with Gasteiger partial charge in [-0.3, -0.25) is 4.79 Å². The van der Waals surface area contributed by atoms with E-state index in [0.29, 0.717) is 11.7 Å². The predicted molar refractivity (Wildman–Crippen MR) is 83.8 cm³/mol. The second kappa shape index (κ2) is 6.41. The molecule has 3 nitrogen and oxygen atoms in total. The molecule has 0 aliphatic rings. The van der Waals surface area contributed by atoms with Crippen LogP contribution in [0.15, 0.2) is 42.2 Å². The summed E-state index contributed by atoms with van der Waals surface area (Å²) in [5.74, 6) is -0.254. The molecule has 1 atom stereocenters. The van der Waals surface area contributed by atoms with Crippen LogP contribution in [0, 0.1) is 5.41 Å². The van der Waals surface area contributed by atoms with Crippen molar-refractivity contribution >= 4 is 18.4 Å². The molecule has 0 saturated carbocycles. The molecule has 1 aromatic carbocycles. The summed E-state index contributed by atoms with van der Waals surface area (Å²) in [5, 5.41) is 1.41. The van der Waals surface area contributed by atoms with Gasteiger partial charge in [0.1, 0.15) is 7.14 Å². The number of hydrogen-bond donors (Lipinski definition) is 0. The summed E-state index contributed by atoms with van der Waals surface area (Å²) in [6.45, 7) is 11.2. The van der Waals surface area contributed by atoms with Crippen LogP contribution < -0.4 is 5.30 Å². The number of rotatable bonds is 5. The largest absolute Gasteiger partial charge is 0.465 e. The second-order valence-corrected chi connectivity index (χ2v) is 8.96. The fourth-order valence-corrected chi connectivity index (χ4v) is 3.21. The maximum Gasteiger partial charge on any atom is 0.311 e. The molecular formula is C16H23O3P. The quantitative estimate of drug-likeness (QED) is 0.613. The van der Waals surface area contributed by atoms with E-state index in [2.05, 4.69) is 6.58 Å². The Morgan fingerprint density at radius 2 is 1.80 bits per heavy atom. The average molecular weight is 294 g/mol. The number of hydrogen-bond acceptors (Lipinski definition) is 3. The summed E-state index contributed by atoms with van der Waals surface area (Å²) in [6.07, 6.45) is 0.421. The SMILES string of the molecule is C=C(CCOC(=O)C(C)(C)C)[P@](C)(=O)c1ccccc1. The first-order chi connectivity index (χ1) is 9.15. The highest BCUT2D eigenvalue weighted by Crippen LogP contribution is 2.49. The molecule has 0 radical (unpaired) electrons. The van der Waals surface area contributed by atoms with Crippen molar-refractivity contribution < 1.29 is 14.1 Å². The van der Waals surface area contributed by atoms with E-state index in [0.717, 1.165) is 5.30 Å². The molecule has 0 bridgehead atoms. The van der Waals surface area contributed by atoms with E-state index in [9.17, 15) is 9.36 Å². The second-order valence-electron chi connectivity index (χ2n) is 5.96. The van der Waals surface area contributed by atoms with Crippen LogP contribution in [-0.2, 0) is 14.1 Å². The van der Waals surface area contributed by atoms with Crippen molar-refractivity contribution in [3.8, 4) is 0 Å². The number of benzene rings is 1. The van der Waals surface area contributed by atoms with E-state index < -0.39 is 12.6 Å². The van der Waals surface area contributed by atoms with E-state index in [1.165, 1.54) is 0 Å². The fourth-order valence-electron chi connectivity index (χ4n) is 1.59. The minimum absolute atomic E-state index is 0.222. The van der Waals surface area contributed by atoms with Crippen LogP contribution in [0.3, 0.4) is 0 Å². The van der Waals surface area contributed by atoms with Gasteiger partial charge in [0.05, 0.1) is 12.0 Å². The highest BCUT2D eigenvalue weighted by molar-refractivity contribution is 7.74. The van der Waals surface area contributed by atoms with Crippen molar-refractivity contribution in [3.63, 3.8) is 0 Å². The van der Waals surface area contributed by atoms with Gasteiger partial charge >= 0.3 is 5.97 Å². The first kappa shape index (κ1) is 16.7. The maximum absolute atomic E-state index is 12.7. The maximum atomic E-state index is 12.7. The van der Waals surface area contributed by atoms with Gasteiger partial charge in [-0.25, -0.2) is 0 Å². The smallest absolute Gasteiger partial charge is 0.311 e. The molecule has 20 heavy (non-hydrogen) atoms. The Hall–Kier alpha value is -1.34. The van der Waals surface area contributed by atoms with Crippen LogP contribution >= 0.6 is 7.14 Å². The van der Waals surface area contributed by atoms with Gasteiger partial charge in [-0.2, -0.15) is 0 Å². The minimum atomic E-state index is -2.62. The van der Waals surface area contributed by atoms with Gasteiger partial charge < -0.3 is 9.30 Å². The molecule has 0 aliphatic heterocycles. The third-order valence-corrected chi connectivity index (χ3v) is 5.80. The molecule has 0 amide bonds. The highest BCUT2D eigenvalue weighted by atomic mass is 31.2. The van der Waals surface area contributed by atoms with Crippen LogP contribution in [-0.4, -0.2) is 19.2 Å². The lowest BCUT2D eigenvalue weighted by Gasteiger charge is -2.19. The molecule has 0 unspecified atom stereocenters. The molecule has 0 spiro atoms. The number of carbonyl (C=O) groups is 1. The van der Waals surface area contributed by atoms with Gasteiger partial charge in [0, 0.05) is 11.7 Å². The average Bonchev–Trinajstić information content (AvgIpc) is 2.38. The van der Waals surface area contributed by atoms with E-state index in [1.54, 1.807) is 27.4 Å². The monoisotopic (exact) mass is 294 g/mol. The van der Waals surface area contributed by atoms with Crippen molar-refractivity contribution in [1.29, 1.82) is 0 Å². The summed E-state index contributed by atoms with van der Waals surface area (Å²) in [7, 11) is -2.62. The third-order valence-electron chi connectivity index (χ3n) is 3.09. The molecule has 0 fully saturated rings. The normalized spacial score (nSPS) is 14.4. The van der Waals surface area contributed by atoms with Gasteiger partial charge in [-0.15, -0.1) is 0 Å². The van der Waals surface area contributed by atoms with E-state index in [4.69, 9.17) is 4.74 Å². The van der Waals surface area contributed by atoms with Gasteiger partial charge in [0.15, 0.2) is 0 Å². The Labute approximate surface area is 121 Å². The lowest BCUT2D eigenvalue weighted by Crippen LogP contribution is -2.23. The number of carbonyl (C=O) groups excluding carboxylic acids is 1. The Balaban J connectivity index is 2.60. The van der Waals surface area contributed by atoms with Crippen LogP contribution in [0.2, 0.25) is 0 Å². The van der Waals surface area contributed by atoms with Crippen LogP contribution in [0.4, 0.5) is 0 Å². The Kier molecular flexibility index (Phi) is 5.35. The van der Waals surface area contributed by atoms with Crippen molar-refractivity contribution in [2.45, 2.75) is 27.2 Å². The highest BCUT2D eigenvalue weighted by Gasteiger charge is 2.25. The standard InChI is InChI=1S/C16H23O3P/c1-13(11-12-19-15(17)16(2,3)4)20(5,18)14-9-7-6-8-10-14/h6-10H,1,11-12H2,2-5H3/t20-/m0/s1. The summed E-state index contributed by atoms with van der Waals surface area (Å²) in [6, 6.07) is 9.29. The van der Waals surface area contributed by atoms with Gasteiger partial charge in [0.2, 0.25) is 0 Å². The molecule has 4 heteroatoms. The Bertz CT molecular complexity index is 526. The van der Waals surface area contributed by atoms with Crippen molar-refractivity contribution in [1.82, 2.24) is 0 Å². The van der Waals surface area contributed by atoms with Crippen molar-refractivity contribution in [3.05, 3.63) is 42.2 Å². The topological polar surface area (TPSA) is 43.4 Å². The zero-order chi connectivity index (χ0) is 15.4. The van der Waals surface area contributed by atoms with Gasteiger partial charge in [-0.1, -0.05) is 36.9 Å². The zero-order valence-corrected chi connectivity index (χ0v) is 13.6. The molecule has 0 N–H and O–H groups in total. The molecule has 0 saturated heterocycles. The first-order valence-corrected chi connectivity index (χ1v) is 8.80. The molecular weight excluding hydrogens is 271 g/mol. The molecule has 0 heterocycles. The molecule has 110 valence electrons. The van der Waals surface area contributed by atoms with Crippen LogP contribution in [0.5, 0.6) is 0 Å². The summed E-state index contributed by atoms with van der Waals surface area (Å²) < 4.78 is 17.9. The predicted octanol–water partition coefficient (Wildman–Crippen LogP) is 3.80. The summed E-state index contributed by atoms with van der Waals surface area (Å²) >= 11 is 0. The Morgan fingerprint density at radius 1 is 1.25 bits per heavy atom. The third kappa shape index (κ3) is 4.35. The van der Waals surface area contributed by atoms with Crippen molar-refractivity contribution in [2.75, 3.05) is 13.3 Å².